The molecule has 1 saturated heterocycles. The van der Waals surface area contributed by atoms with Gasteiger partial charge in [0.2, 0.25) is 0 Å². The lowest BCUT2D eigenvalue weighted by molar-refractivity contribution is -0.143. The van der Waals surface area contributed by atoms with Gasteiger partial charge in [0.1, 0.15) is 0 Å². The molecule has 2 heterocycles. The number of carbonyl (C=O) groups is 3. The Morgan fingerprint density at radius 2 is 1.61 bits per heavy atom. The number of nitrogens with zero attached hydrogens (tertiary/aromatic N) is 2. The number of rotatable bonds is 2. The van der Waals surface area contributed by atoms with Gasteiger partial charge in [-0.1, -0.05) is 31.9 Å². The van der Waals surface area contributed by atoms with Crippen LogP contribution in [0.3, 0.4) is 0 Å². The molecule has 23 heavy (non-hydrogen) atoms. The molecule has 120 valence electrons. The highest BCUT2D eigenvalue weighted by atomic mass is 79.9. The van der Waals surface area contributed by atoms with Crippen molar-refractivity contribution in [1.29, 1.82) is 0 Å². The zero-order valence-corrected chi connectivity index (χ0v) is 15.0. The van der Waals surface area contributed by atoms with E-state index in [1.807, 2.05) is 0 Å². The summed E-state index contributed by atoms with van der Waals surface area (Å²) in [6, 6.07) is 3.07. The van der Waals surface area contributed by atoms with Crippen molar-refractivity contribution in [2.45, 2.75) is 16.1 Å². The number of hydrogen-bond acceptors (Lipinski definition) is 4. The minimum atomic E-state index is -0.479. The van der Waals surface area contributed by atoms with Crippen LogP contribution in [0.15, 0.2) is 24.5 Å². The number of alkyl halides is 2. The van der Waals surface area contributed by atoms with Gasteiger partial charge in [-0.3, -0.25) is 24.8 Å². The van der Waals surface area contributed by atoms with E-state index in [1.54, 1.807) is 0 Å². The molecule has 1 aromatic heterocycles. The number of carbonyl (C=O) groups excluding carboxylic acids is 3. The molecule has 3 amide bonds. The van der Waals surface area contributed by atoms with Gasteiger partial charge in [0, 0.05) is 27.6 Å². The van der Waals surface area contributed by atoms with Crippen molar-refractivity contribution in [1.82, 2.24) is 15.4 Å². The summed E-state index contributed by atoms with van der Waals surface area (Å²) >= 11 is 7.26. The Bertz CT molecular complexity index is 666. The normalized spacial score (nSPS) is 38.1. The number of aromatic nitrogens is 1. The van der Waals surface area contributed by atoms with Crippen molar-refractivity contribution in [3.05, 3.63) is 30.1 Å². The molecule has 8 heteroatoms. The predicted octanol–water partition coefficient (Wildman–Crippen LogP) is 1.50. The summed E-state index contributed by atoms with van der Waals surface area (Å²) in [5.41, 5.74) is 2.82. The fourth-order valence-electron chi connectivity index (χ4n) is 4.13. The third-order valence-corrected chi connectivity index (χ3v) is 8.35. The van der Waals surface area contributed by atoms with Gasteiger partial charge in [-0.2, -0.15) is 5.01 Å². The SMILES string of the molecule is O=C(NN1C(=O)[C@@H]2[C@@H]3C[C@H]([C@H](Br)[C@@H]3Br)[C@@H]2C1=O)c1ccncc1. The Kier molecular flexibility index (Phi) is 3.57. The Labute approximate surface area is 149 Å². The van der Waals surface area contributed by atoms with Gasteiger partial charge < -0.3 is 0 Å². The van der Waals surface area contributed by atoms with Crippen molar-refractivity contribution >= 4 is 49.6 Å². The van der Waals surface area contributed by atoms with Gasteiger partial charge in [-0.25, -0.2) is 0 Å². The molecule has 2 aliphatic carbocycles. The zero-order chi connectivity index (χ0) is 16.3. The molecule has 2 saturated carbocycles. The van der Waals surface area contributed by atoms with Gasteiger partial charge in [-0.05, 0) is 30.4 Å². The van der Waals surface area contributed by atoms with Crippen molar-refractivity contribution in [3.8, 4) is 0 Å². The largest absolute Gasteiger partial charge is 0.272 e. The molecule has 0 unspecified atom stereocenters. The van der Waals surface area contributed by atoms with Crippen molar-refractivity contribution < 1.29 is 14.4 Å². The summed E-state index contributed by atoms with van der Waals surface area (Å²) in [5.74, 6) is -1.46. The quantitative estimate of drug-likeness (QED) is 0.556. The minimum absolute atomic E-state index is 0.133. The van der Waals surface area contributed by atoms with E-state index in [4.69, 9.17) is 0 Å². The van der Waals surface area contributed by atoms with Crippen LogP contribution < -0.4 is 5.43 Å². The van der Waals surface area contributed by atoms with E-state index in [0.29, 0.717) is 5.56 Å². The number of imide groups is 1. The van der Waals surface area contributed by atoms with Gasteiger partial charge in [0.05, 0.1) is 11.8 Å². The second kappa shape index (κ2) is 5.37. The molecule has 4 rings (SSSR count). The summed E-state index contributed by atoms with van der Waals surface area (Å²) in [4.78, 5) is 41.7. The highest BCUT2D eigenvalue weighted by molar-refractivity contribution is 9.12. The van der Waals surface area contributed by atoms with E-state index in [0.717, 1.165) is 11.4 Å². The number of nitrogens with one attached hydrogen (secondary N) is 1. The number of fused-ring (bicyclic) bond motifs is 5. The molecule has 1 N–H and O–H groups in total. The van der Waals surface area contributed by atoms with Gasteiger partial charge in [-0.15, -0.1) is 0 Å². The lowest BCUT2D eigenvalue weighted by Gasteiger charge is -2.28. The number of halogens is 2. The van der Waals surface area contributed by atoms with Gasteiger partial charge >= 0.3 is 0 Å². The van der Waals surface area contributed by atoms with E-state index in [2.05, 4.69) is 42.3 Å². The molecule has 6 nitrogen and oxygen atoms in total. The van der Waals surface area contributed by atoms with E-state index in [1.165, 1.54) is 24.5 Å². The zero-order valence-electron chi connectivity index (χ0n) is 11.9. The van der Waals surface area contributed by atoms with Crippen molar-refractivity contribution in [3.63, 3.8) is 0 Å². The molecule has 0 spiro atoms. The lowest BCUT2D eigenvalue weighted by atomic mass is 9.81. The number of pyridine rings is 1. The van der Waals surface area contributed by atoms with Crippen LogP contribution in [0.2, 0.25) is 0 Å². The first-order valence-corrected chi connectivity index (χ1v) is 9.21. The third kappa shape index (κ3) is 2.11. The highest BCUT2D eigenvalue weighted by Crippen LogP contribution is 2.59. The fraction of sp³-hybridized carbons (Fsp3) is 0.467. The molecule has 2 bridgehead atoms. The van der Waals surface area contributed by atoms with Crippen LogP contribution in [0, 0.1) is 23.7 Å². The Hall–Kier alpha value is -1.28. The molecule has 6 atom stereocenters. The summed E-state index contributed by atoms with van der Waals surface area (Å²) in [5, 5.41) is 0.919. The van der Waals surface area contributed by atoms with E-state index in [-0.39, 0.29) is 45.1 Å². The molecule has 1 aliphatic heterocycles. The van der Waals surface area contributed by atoms with Crippen LogP contribution in [-0.2, 0) is 9.59 Å². The number of hydrazine groups is 1. The molecule has 3 fully saturated rings. The first kappa shape index (κ1) is 15.3. The maximum atomic E-state index is 12.6. The minimum Gasteiger partial charge on any atom is -0.272 e. The van der Waals surface area contributed by atoms with Crippen LogP contribution in [-0.4, -0.2) is 37.4 Å². The predicted molar refractivity (Wildman–Crippen MR) is 87.6 cm³/mol. The fourth-order valence-corrected chi connectivity index (χ4v) is 6.00. The first-order valence-electron chi connectivity index (χ1n) is 7.37. The van der Waals surface area contributed by atoms with E-state index in [9.17, 15) is 14.4 Å². The summed E-state index contributed by atoms with van der Waals surface area (Å²) in [6.07, 6.45) is 3.84. The Morgan fingerprint density at radius 1 is 1.09 bits per heavy atom. The topological polar surface area (TPSA) is 79.4 Å². The van der Waals surface area contributed by atoms with Gasteiger partial charge in [0.25, 0.3) is 17.7 Å². The maximum Gasteiger partial charge on any atom is 0.270 e. The lowest BCUT2D eigenvalue weighted by Crippen LogP contribution is -2.47. The van der Waals surface area contributed by atoms with Crippen LogP contribution >= 0.6 is 31.9 Å². The van der Waals surface area contributed by atoms with Crippen LogP contribution in [0.4, 0.5) is 0 Å². The smallest absolute Gasteiger partial charge is 0.270 e. The Balaban J connectivity index is 1.57. The molecule has 0 radical (unpaired) electrons. The molecule has 0 aromatic carbocycles. The van der Waals surface area contributed by atoms with Gasteiger partial charge in [0.15, 0.2) is 0 Å². The van der Waals surface area contributed by atoms with E-state index < -0.39 is 5.91 Å². The highest BCUT2D eigenvalue weighted by Gasteiger charge is 2.66. The second-order valence-corrected chi connectivity index (χ2v) is 8.31. The molecule has 3 aliphatic rings. The third-order valence-electron chi connectivity index (χ3n) is 5.14. The average molecular weight is 443 g/mol. The molecule has 1 aromatic rings. The number of hydrogen-bond donors (Lipinski definition) is 1. The van der Waals surface area contributed by atoms with Crippen LogP contribution in [0.5, 0.6) is 0 Å². The second-order valence-electron chi connectivity index (χ2n) is 6.19. The number of amides is 3. The molecular weight excluding hydrogens is 430 g/mol. The van der Waals surface area contributed by atoms with Crippen LogP contribution in [0.1, 0.15) is 16.8 Å². The Morgan fingerprint density at radius 3 is 2.13 bits per heavy atom. The summed E-state index contributed by atoms with van der Waals surface area (Å²) < 4.78 is 0. The monoisotopic (exact) mass is 441 g/mol. The molecular formula is C15H13Br2N3O3. The van der Waals surface area contributed by atoms with Crippen molar-refractivity contribution in [2.24, 2.45) is 23.7 Å². The first-order chi connectivity index (χ1) is 11.0. The average Bonchev–Trinajstić information content (AvgIpc) is 3.16. The van der Waals surface area contributed by atoms with E-state index >= 15 is 0 Å². The summed E-state index contributed by atoms with van der Waals surface area (Å²) in [6.45, 7) is 0. The maximum absolute atomic E-state index is 12.6. The van der Waals surface area contributed by atoms with Crippen LogP contribution in [0.25, 0.3) is 0 Å². The summed E-state index contributed by atoms with van der Waals surface area (Å²) in [7, 11) is 0. The standard InChI is InChI=1S/C15H13Br2N3O3/c16-11-7-5-8(12(11)17)10-9(7)14(22)20(15(10)23)19-13(21)6-1-3-18-4-2-6/h1-4,7-12H,5H2,(H,19,21)/t7-,8-,9-,10+,11-,12+/m0/s1. The van der Waals surface area contributed by atoms with Crippen molar-refractivity contribution in [2.75, 3.05) is 0 Å².